The third-order valence-electron chi connectivity index (χ3n) is 2.94. The van der Waals surface area contributed by atoms with E-state index in [1.165, 1.54) is 6.33 Å². The summed E-state index contributed by atoms with van der Waals surface area (Å²) in [6, 6.07) is 0.180. The number of methoxy groups -OCH3 is 2. The molecule has 0 aliphatic rings. The molecule has 1 aromatic heterocycles. The molecule has 7 heteroatoms. The predicted molar refractivity (Wildman–Crippen MR) is 75.1 cm³/mol. The molecule has 0 fully saturated rings. The van der Waals surface area contributed by atoms with Crippen molar-refractivity contribution in [3.8, 4) is 0 Å². The average Bonchev–Trinajstić information content (AvgIpc) is 2.41. The zero-order chi connectivity index (χ0) is 14.3. The molecule has 0 aromatic carbocycles. The lowest BCUT2D eigenvalue weighted by Gasteiger charge is -2.31. The molecule has 0 spiro atoms. The Labute approximate surface area is 114 Å². The van der Waals surface area contributed by atoms with Gasteiger partial charge in [-0.3, -0.25) is 0 Å². The van der Waals surface area contributed by atoms with Crippen LogP contribution in [0.4, 0.5) is 11.6 Å². The highest BCUT2D eigenvalue weighted by molar-refractivity contribution is 5.57. The second-order valence-electron chi connectivity index (χ2n) is 4.31. The summed E-state index contributed by atoms with van der Waals surface area (Å²) in [7, 11) is 3.36. The molecule has 0 aliphatic heterocycles. The smallest absolute Gasteiger partial charge is 0.148 e. The third-order valence-corrected chi connectivity index (χ3v) is 2.94. The first-order valence-electron chi connectivity index (χ1n) is 6.18. The summed E-state index contributed by atoms with van der Waals surface area (Å²) in [6.07, 6.45) is 1.50. The molecule has 0 saturated heterocycles. The standard InChI is InChI=1S/C12H23N5O2/c1-9(7-19-4)17(5-6-18-3)12-10(2)11(16-13)14-8-15-12/h8-9H,5-7,13H2,1-4H3,(H,14,15,16). The average molecular weight is 269 g/mol. The van der Waals surface area contributed by atoms with E-state index in [1.54, 1.807) is 14.2 Å². The highest BCUT2D eigenvalue weighted by Gasteiger charge is 2.19. The van der Waals surface area contributed by atoms with Crippen LogP contribution in [-0.4, -0.2) is 50.0 Å². The van der Waals surface area contributed by atoms with Gasteiger partial charge in [0.1, 0.15) is 18.0 Å². The second-order valence-corrected chi connectivity index (χ2v) is 4.31. The first-order chi connectivity index (χ1) is 9.15. The van der Waals surface area contributed by atoms with Crippen molar-refractivity contribution in [2.24, 2.45) is 5.84 Å². The van der Waals surface area contributed by atoms with Crippen LogP contribution in [0.15, 0.2) is 6.33 Å². The number of nitrogens with two attached hydrogens (primary N) is 1. The summed E-state index contributed by atoms with van der Waals surface area (Å²) in [5.41, 5.74) is 3.48. The van der Waals surface area contributed by atoms with Gasteiger partial charge in [-0.25, -0.2) is 15.8 Å². The second kappa shape index (κ2) is 7.88. The summed E-state index contributed by atoms with van der Waals surface area (Å²) < 4.78 is 10.4. The van der Waals surface area contributed by atoms with Crippen LogP contribution in [0.25, 0.3) is 0 Å². The fourth-order valence-corrected chi connectivity index (χ4v) is 1.93. The Kier molecular flexibility index (Phi) is 6.48. The molecule has 3 N–H and O–H groups in total. The van der Waals surface area contributed by atoms with Crippen LogP contribution in [0.5, 0.6) is 0 Å². The fraction of sp³-hybridized carbons (Fsp3) is 0.667. The van der Waals surface area contributed by atoms with Crippen molar-refractivity contribution < 1.29 is 9.47 Å². The summed E-state index contributed by atoms with van der Waals surface area (Å²) in [4.78, 5) is 10.6. The summed E-state index contributed by atoms with van der Waals surface area (Å²) in [5.74, 6) is 6.91. The molecule has 0 bridgehead atoms. The molecule has 7 nitrogen and oxygen atoms in total. The highest BCUT2D eigenvalue weighted by Crippen LogP contribution is 2.23. The van der Waals surface area contributed by atoms with Crippen molar-refractivity contribution >= 4 is 11.6 Å². The predicted octanol–water partition coefficient (Wildman–Crippen LogP) is 0.558. The number of aromatic nitrogens is 2. The van der Waals surface area contributed by atoms with Crippen LogP contribution in [0.3, 0.4) is 0 Å². The molecule has 1 heterocycles. The molecule has 0 saturated carbocycles. The number of nitrogens with zero attached hydrogens (tertiary/aromatic N) is 3. The molecule has 108 valence electrons. The zero-order valence-corrected chi connectivity index (χ0v) is 12.0. The van der Waals surface area contributed by atoms with E-state index in [-0.39, 0.29) is 6.04 Å². The third kappa shape index (κ3) is 4.02. The summed E-state index contributed by atoms with van der Waals surface area (Å²) in [6.45, 7) is 5.96. The molecular weight excluding hydrogens is 246 g/mol. The van der Waals surface area contributed by atoms with Crippen LogP contribution in [0.2, 0.25) is 0 Å². The Hall–Kier alpha value is -1.44. The molecule has 0 aliphatic carbocycles. The van der Waals surface area contributed by atoms with Crippen molar-refractivity contribution in [2.75, 3.05) is 44.3 Å². The monoisotopic (exact) mass is 269 g/mol. The Morgan fingerprint density at radius 1 is 1.37 bits per heavy atom. The lowest BCUT2D eigenvalue weighted by molar-refractivity contribution is 0.170. The van der Waals surface area contributed by atoms with Gasteiger partial charge in [-0.15, -0.1) is 0 Å². The Bertz CT molecular complexity index is 388. The maximum atomic E-state index is 5.45. The van der Waals surface area contributed by atoms with E-state index in [9.17, 15) is 0 Å². The van der Waals surface area contributed by atoms with Crippen molar-refractivity contribution in [3.05, 3.63) is 11.9 Å². The number of anilines is 2. The molecule has 1 aromatic rings. The Balaban J connectivity index is 3.02. The number of hydrogen-bond donors (Lipinski definition) is 2. The van der Waals surface area contributed by atoms with E-state index in [0.717, 1.165) is 17.9 Å². The van der Waals surface area contributed by atoms with Gasteiger partial charge in [-0.05, 0) is 13.8 Å². The fourth-order valence-electron chi connectivity index (χ4n) is 1.93. The number of ether oxygens (including phenoxy) is 2. The van der Waals surface area contributed by atoms with E-state index in [2.05, 4.69) is 27.2 Å². The molecule has 1 rings (SSSR count). The van der Waals surface area contributed by atoms with Gasteiger partial charge in [-0.2, -0.15) is 0 Å². The number of nitrogen functional groups attached to an aromatic ring is 1. The molecule has 0 radical (unpaired) electrons. The minimum Gasteiger partial charge on any atom is -0.383 e. The van der Waals surface area contributed by atoms with Gasteiger partial charge in [0.15, 0.2) is 0 Å². The number of hydrazine groups is 1. The topological polar surface area (TPSA) is 85.5 Å². The van der Waals surface area contributed by atoms with Gasteiger partial charge < -0.3 is 19.8 Å². The van der Waals surface area contributed by atoms with Crippen molar-refractivity contribution in [2.45, 2.75) is 19.9 Å². The van der Waals surface area contributed by atoms with E-state index in [1.807, 2.05) is 6.92 Å². The molecule has 19 heavy (non-hydrogen) atoms. The van der Waals surface area contributed by atoms with Crippen molar-refractivity contribution in [1.29, 1.82) is 0 Å². The van der Waals surface area contributed by atoms with Crippen molar-refractivity contribution in [1.82, 2.24) is 9.97 Å². The lowest BCUT2D eigenvalue weighted by Crippen LogP contribution is -2.39. The normalized spacial score (nSPS) is 12.3. The zero-order valence-electron chi connectivity index (χ0n) is 12.0. The first-order valence-corrected chi connectivity index (χ1v) is 6.18. The van der Waals surface area contributed by atoms with Gasteiger partial charge in [0.25, 0.3) is 0 Å². The van der Waals surface area contributed by atoms with E-state index in [0.29, 0.717) is 19.0 Å². The SMILES string of the molecule is COCCN(c1ncnc(NN)c1C)C(C)COC. The molecular formula is C12H23N5O2. The van der Waals surface area contributed by atoms with Crippen LogP contribution in [0.1, 0.15) is 12.5 Å². The van der Waals surface area contributed by atoms with Crippen LogP contribution in [0, 0.1) is 6.92 Å². The Morgan fingerprint density at radius 2 is 2.11 bits per heavy atom. The van der Waals surface area contributed by atoms with Gasteiger partial charge in [-0.1, -0.05) is 0 Å². The maximum Gasteiger partial charge on any atom is 0.148 e. The van der Waals surface area contributed by atoms with E-state index in [4.69, 9.17) is 15.3 Å². The minimum atomic E-state index is 0.180. The summed E-state index contributed by atoms with van der Waals surface area (Å²) >= 11 is 0. The van der Waals surface area contributed by atoms with Crippen LogP contribution >= 0.6 is 0 Å². The largest absolute Gasteiger partial charge is 0.383 e. The van der Waals surface area contributed by atoms with Gasteiger partial charge in [0.2, 0.25) is 0 Å². The number of nitrogens with one attached hydrogen (secondary N) is 1. The highest BCUT2D eigenvalue weighted by atomic mass is 16.5. The summed E-state index contributed by atoms with van der Waals surface area (Å²) in [5, 5.41) is 0. The maximum absolute atomic E-state index is 5.45. The molecule has 1 unspecified atom stereocenters. The quantitative estimate of drug-likeness (QED) is 0.526. The van der Waals surface area contributed by atoms with Gasteiger partial charge in [0, 0.05) is 26.3 Å². The van der Waals surface area contributed by atoms with Crippen LogP contribution < -0.4 is 16.2 Å². The van der Waals surface area contributed by atoms with Crippen molar-refractivity contribution in [3.63, 3.8) is 0 Å². The minimum absolute atomic E-state index is 0.180. The number of rotatable bonds is 8. The van der Waals surface area contributed by atoms with E-state index >= 15 is 0 Å². The number of hydrogen-bond acceptors (Lipinski definition) is 7. The van der Waals surface area contributed by atoms with Gasteiger partial charge >= 0.3 is 0 Å². The van der Waals surface area contributed by atoms with Crippen LogP contribution in [-0.2, 0) is 9.47 Å². The first kappa shape index (κ1) is 15.6. The molecule has 1 atom stereocenters. The molecule has 0 amide bonds. The lowest BCUT2D eigenvalue weighted by atomic mass is 10.2. The Morgan fingerprint density at radius 3 is 2.68 bits per heavy atom. The van der Waals surface area contributed by atoms with E-state index < -0.39 is 0 Å². The van der Waals surface area contributed by atoms with Gasteiger partial charge in [0.05, 0.1) is 19.3 Å².